The highest BCUT2D eigenvalue weighted by atomic mass is 32.1. The Balaban J connectivity index is 1.68. The number of methoxy groups -OCH3 is 1. The van der Waals surface area contributed by atoms with Crippen LogP contribution in [0, 0.1) is 0 Å². The fourth-order valence-electron chi connectivity index (χ4n) is 2.87. The number of carbonyl (C=O) groups excluding carboxylic acids is 2. The van der Waals surface area contributed by atoms with Crippen LogP contribution in [0.1, 0.15) is 17.8 Å². The number of esters is 1. The third-order valence-electron chi connectivity index (χ3n) is 4.35. The summed E-state index contributed by atoms with van der Waals surface area (Å²) in [4.78, 5) is 39.3. The van der Waals surface area contributed by atoms with Crippen LogP contribution in [0.2, 0.25) is 0 Å². The molecule has 0 spiro atoms. The van der Waals surface area contributed by atoms with E-state index in [0.29, 0.717) is 5.01 Å². The lowest BCUT2D eigenvalue weighted by atomic mass is 10.1. The van der Waals surface area contributed by atoms with Crippen molar-refractivity contribution in [3.05, 3.63) is 53.5 Å². The standard InChI is InChI=1S/C21H20N2O5S/c1-28-20(25)10-8-15(21(26)27)22-18(24)12-19-23-16-11-14(7-9-17(16)29-19)13-5-3-2-4-6-13/h2-7,9,11,15H,8,10,12H2,1H3,(H,22,24)(H,26,27)/t15-/m0/s1. The number of thiazole rings is 1. The minimum atomic E-state index is -1.20. The van der Waals surface area contributed by atoms with Gasteiger partial charge in [0.1, 0.15) is 11.0 Å². The normalized spacial score (nSPS) is 11.8. The van der Waals surface area contributed by atoms with Crippen molar-refractivity contribution in [2.75, 3.05) is 7.11 Å². The molecular weight excluding hydrogens is 392 g/mol. The number of rotatable bonds is 8. The topological polar surface area (TPSA) is 106 Å². The van der Waals surface area contributed by atoms with Crippen LogP contribution in [0.3, 0.4) is 0 Å². The first-order chi connectivity index (χ1) is 14.0. The van der Waals surface area contributed by atoms with Crippen molar-refractivity contribution in [3.8, 4) is 11.1 Å². The third kappa shape index (κ3) is 5.39. The number of nitrogens with zero attached hydrogens (tertiary/aromatic N) is 1. The zero-order valence-corrected chi connectivity index (χ0v) is 16.6. The van der Waals surface area contributed by atoms with E-state index in [9.17, 15) is 19.5 Å². The summed E-state index contributed by atoms with van der Waals surface area (Å²) in [5.74, 6) is -2.17. The molecule has 8 heteroatoms. The van der Waals surface area contributed by atoms with Gasteiger partial charge in [0.15, 0.2) is 0 Å². The second-order valence-corrected chi connectivity index (χ2v) is 7.52. The van der Waals surface area contributed by atoms with Gasteiger partial charge in [-0.1, -0.05) is 36.4 Å². The summed E-state index contributed by atoms with van der Waals surface area (Å²) in [5.41, 5.74) is 2.91. The fourth-order valence-corrected chi connectivity index (χ4v) is 3.81. The van der Waals surface area contributed by atoms with E-state index in [1.165, 1.54) is 18.4 Å². The Morgan fingerprint density at radius 3 is 2.59 bits per heavy atom. The van der Waals surface area contributed by atoms with E-state index < -0.39 is 23.9 Å². The monoisotopic (exact) mass is 412 g/mol. The molecule has 0 fully saturated rings. The third-order valence-corrected chi connectivity index (χ3v) is 5.39. The molecule has 1 atom stereocenters. The lowest BCUT2D eigenvalue weighted by Crippen LogP contribution is -2.41. The number of aromatic nitrogens is 1. The molecule has 0 radical (unpaired) electrons. The maximum Gasteiger partial charge on any atom is 0.326 e. The lowest BCUT2D eigenvalue weighted by molar-refractivity contribution is -0.144. The van der Waals surface area contributed by atoms with Gasteiger partial charge in [-0.05, 0) is 29.7 Å². The number of ether oxygens (including phenoxy) is 1. The predicted octanol–water partition coefficient (Wildman–Crippen LogP) is 3.03. The van der Waals surface area contributed by atoms with Crippen molar-refractivity contribution in [1.29, 1.82) is 0 Å². The van der Waals surface area contributed by atoms with Gasteiger partial charge in [-0.25, -0.2) is 9.78 Å². The zero-order valence-electron chi connectivity index (χ0n) is 15.8. The molecule has 0 aliphatic heterocycles. The van der Waals surface area contributed by atoms with Crippen molar-refractivity contribution in [2.45, 2.75) is 25.3 Å². The number of amides is 1. The van der Waals surface area contributed by atoms with E-state index >= 15 is 0 Å². The highest BCUT2D eigenvalue weighted by molar-refractivity contribution is 7.18. The van der Waals surface area contributed by atoms with E-state index in [4.69, 9.17) is 0 Å². The molecule has 150 valence electrons. The number of carboxylic acids is 1. The van der Waals surface area contributed by atoms with E-state index in [1.54, 1.807) is 0 Å². The second kappa shape index (κ2) is 9.29. The summed E-state index contributed by atoms with van der Waals surface area (Å²) < 4.78 is 5.46. The van der Waals surface area contributed by atoms with Crippen LogP contribution >= 0.6 is 11.3 Å². The Morgan fingerprint density at radius 1 is 1.14 bits per heavy atom. The van der Waals surface area contributed by atoms with Crippen LogP contribution in [0.15, 0.2) is 48.5 Å². The molecule has 0 aliphatic rings. The SMILES string of the molecule is COC(=O)CC[C@H](NC(=O)Cc1nc2cc(-c3ccccc3)ccc2s1)C(=O)O. The maximum atomic E-state index is 12.3. The van der Waals surface area contributed by atoms with Gasteiger partial charge in [0.25, 0.3) is 0 Å². The second-order valence-electron chi connectivity index (χ2n) is 6.41. The minimum absolute atomic E-state index is 0.0258. The van der Waals surface area contributed by atoms with E-state index in [0.717, 1.165) is 21.3 Å². The molecule has 1 heterocycles. The Labute approximate surface area is 171 Å². The van der Waals surface area contributed by atoms with Crippen molar-refractivity contribution >= 4 is 39.4 Å². The Hall–Kier alpha value is -3.26. The quantitative estimate of drug-likeness (QED) is 0.551. The summed E-state index contributed by atoms with van der Waals surface area (Å²) in [7, 11) is 1.23. The molecule has 7 nitrogen and oxygen atoms in total. The van der Waals surface area contributed by atoms with Crippen molar-refractivity contribution < 1.29 is 24.2 Å². The average molecular weight is 412 g/mol. The van der Waals surface area contributed by atoms with Crippen LogP contribution in [0.4, 0.5) is 0 Å². The molecule has 2 aromatic carbocycles. The summed E-state index contributed by atoms with van der Waals surface area (Å²) in [6.07, 6.45) is -0.146. The molecule has 0 aliphatic carbocycles. The van der Waals surface area contributed by atoms with Gasteiger partial charge < -0.3 is 15.2 Å². The zero-order chi connectivity index (χ0) is 20.8. The molecule has 0 bridgehead atoms. The van der Waals surface area contributed by atoms with Crippen LogP contribution < -0.4 is 5.32 Å². The minimum Gasteiger partial charge on any atom is -0.480 e. The molecule has 0 unspecified atom stereocenters. The number of carboxylic acid groups (broad SMARTS) is 1. The Morgan fingerprint density at radius 2 is 1.90 bits per heavy atom. The molecule has 2 N–H and O–H groups in total. The average Bonchev–Trinajstić information content (AvgIpc) is 3.12. The van der Waals surface area contributed by atoms with Crippen LogP contribution in [-0.2, 0) is 25.5 Å². The number of aliphatic carboxylic acids is 1. The highest BCUT2D eigenvalue weighted by Crippen LogP contribution is 2.28. The predicted molar refractivity (Wildman–Crippen MR) is 110 cm³/mol. The van der Waals surface area contributed by atoms with Crippen molar-refractivity contribution in [1.82, 2.24) is 10.3 Å². The van der Waals surface area contributed by atoms with Crippen LogP contribution in [0.25, 0.3) is 21.3 Å². The van der Waals surface area contributed by atoms with Gasteiger partial charge in [0, 0.05) is 6.42 Å². The summed E-state index contributed by atoms with van der Waals surface area (Å²) in [6.45, 7) is 0. The summed E-state index contributed by atoms with van der Waals surface area (Å²) >= 11 is 1.39. The van der Waals surface area contributed by atoms with Crippen LogP contribution in [0.5, 0.6) is 0 Å². The Bertz CT molecular complexity index is 1030. The first kappa shape index (κ1) is 20.5. The summed E-state index contributed by atoms with van der Waals surface area (Å²) in [5, 5.41) is 12.3. The van der Waals surface area contributed by atoms with Gasteiger partial charge in [0.2, 0.25) is 5.91 Å². The maximum absolute atomic E-state index is 12.3. The van der Waals surface area contributed by atoms with Gasteiger partial charge in [0.05, 0.1) is 23.7 Å². The van der Waals surface area contributed by atoms with Gasteiger partial charge >= 0.3 is 11.9 Å². The smallest absolute Gasteiger partial charge is 0.326 e. The first-order valence-electron chi connectivity index (χ1n) is 9.00. The van der Waals surface area contributed by atoms with E-state index in [1.807, 2.05) is 48.5 Å². The molecule has 0 saturated carbocycles. The molecule has 3 aromatic rings. The Kier molecular flexibility index (Phi) is 6.56. The summed E-state index contributed by atoms with van der Waals surface area (Å²) in [6, 6.07) is 14.7. The van der Waals surface area contributed by atoms with Gasteiger partial charge in [-0.2, -0.15) is 0 Å². The van der Waals surface area contributed by atoms with Gasteiger partial charge in [-0.3, -0.25) is 9.59 Å². The van der Waals surface area contributed by atoms with Crippen molar-refractivity contribution in [2.24, 2.45) is 0 Å². The number of hydrogen-bond donors (Lipinski definition) is 2. The van der Waals surface area contributed by atoms with E-state index in [2.05, 4.69) is 15.0 Å². The lowest BCUT2D eigenvalue weighted by Gasteiger charge is -2.13. The van der Waals surface area contributed by atoms with Crippen LogP contribution in [-0.4, -0.2) is 41.1 Å². The molecule has 1 aromatic heterocycles. The van der Waals surface area contributed by atoms with Gasteiger partial charge in [-0.15, -0.1) is 11.3 Å². The highest BCUT2D eigenvalue weighted by Gasteiger charge is 2.22. The number of hydrogen-bond acceptors (Lipinski definition) is 6. The molecule has 3 rings (SSSR count). The molecule has 1 amide bonds. The van der Waals surface area contributed by atoms with E-state index in [-0.39, 0.29) is 19.3 Å². The number of carbonyl (C=O) groups is 3. The number of benzene rings is 2. The van der Waals surface area contributed by atoms with Crippen molar-refractivity contribution in [3.63, 3.8) is 0 Å². The number of nitrogens with one attached hydrogen (secondary N) is 1. The first-order valence-corrected chi connectivity index (χ1v) is 9.82. The molecule has 0 saturated heterocycles. The molecule has 29 heavy (non-hydrogen) atoms. The number of fused-ring (bicyclic) bond motifs is 1. The fraction of sp³-hybridized carbons (Fsp3) is 0.238. The molecular formula is C21H20N2O5S. The largest absolute Gasteiger partial charge is 0.480 e.